The van der Waals surface area contributed by atoms with Gasteiger partial charge in [-0.2, -0.15) is 0 Å². The Morgan fingerprint density at radius 3 is 2.64 bits per heavy atom. The average Bonchev–Trinajstić information content (AvgIpc) is 1.87. The number of hydrogen-bond donors (Lipinski definition) is 1. The van der Waals surface area contributed by atoms with Gasteiger partial charge in [-0.1, -0.05) is 6.08 Å². The summed E-state index contributed by atoms with van der Waals surface area (Å²) >= 11 is 0. The second-order valence-corrected chi connectivity index (χ2v) is 3.25. The van der Waals surface area contributed by atoms with Crippen LogP contribution in [0.5, 0.6) is 0 Å². The molecule has 0 saturated heterocycles. The molecular weight excluding hydrogens is 138 g/mol. The molecule has 0 aromatic heterocycles. The summed E-state index contributed by atoms with van der Waals surface area (Å²) in [6.45, 7) is 3.67. The molecule has 1 saturated carbocycles. The number of hydrogen-bond acceptors (Lipinski definition) is 2. The Morgan fingerprint density at radius 1 is 1.73 bits per heavy atom. The molecule has 0 bridgehead atoms. The van der Waals surface area contributed by atoms with Crippen LogP contribution >= 0.6 is 0 Å². The summed E-state index contributed by atoms with van der Waals surface area (Å²) in [5.41, 5.74) is 5.92. The van der Waals surface area contributed by atoms with Crippen molar-refractivity contribution in [1.29, 1.82) is 0 Å². The highest BCUT2D eigenvalue weighted by molar-refractivity contribution is 5.00. The molecular formula is C9H17NO. The Balaban J connectivity index is 2.46. The lowest BCUT2D eigenvalue weighted by Gasteiger charge is -2.44. The van der Waals surface area contributed by atoms with E-state index in [1.807, 2.05) is 6.08 Å². The van der Waals surface area contributed by atoms with Crippen LogP contribution in [0.15, 0.2) is 12.7 Å². The molecule has 0 aromatic carbocycles. The third kappa shape index (κ3) is 1.47. The van der Waals surface area contributed by atoms with Crippen molar-refractivity contribution < 1.29 is 4.74 Å². The predicted octanol–water partition coefficient (Wildman–Crippen LogP) is 1.46. The Morgan fingerprint density at radius 2 is 2.36 bits per heavy atom. The Hall–Kier alpha value is -0.340. The molecule has 0 aromatic rings. The van der Waals surface area contributed by atoms with E-state index in [4.69, 9.17) is 10.5 Å². The fourth-order valence-electron chi connectivity index (χ4n) is 1.65. The third-order valence-corrected chi connectivity index (χ3v) is 2.70. The molecule has 11 heavy (non-hydrogen) atoms. The maximum atomic E-state index is 5.94. The highest BCUT2D eigenvalue weighted by Crippen LogP contribution is 2.38. The smallest absolute Gasteiger partial charge is 0.0831 e. The van der Waals surface area contributed by atoms with Crippen LogP contribution in [0.4, 0.5) is 0 Å². The van der Waals surface area contributed by atoms with Crippen LogP contribution in [0.1, 0.15) is 25.7 Å². The molecule has 2 heteroatoms. The van der Waals surface area contributed by atoms with E-state index >= 15 is 0 Å². The normalized spacial score (nSPS) is 23.8. The first-order chi connectivity index (χ1) is 5.25. The monoisotopic (exact) mass is 155 g/mol. The van der Waals surface area contributed by atoms with Crippen molar-refractivity contribution in [3.05, 3.63) is 12.7 Å². The van der Waals surface area contributed by atoms with Crippen LogP contribution in [-0.4, -0.2) is 18.8 Å². The highest BCUT2D eigenvalue weighted by Gasteiger charge is 2.41. The molecule has 1 aliphatic rings. The van der Waals surface area contributed by atoms with E-state index in [-0.39, 0.29) is 11.6 Å². The van der Waals surface area contributed by atoms with Crippen LogP contribution in [0.2, 0.25) is 0 Å². The van der Waals surface area contributed by atoms with Crippen molar-refractivity contribution in [3.8, 4) is 0 Å². The largest absolute Gasteiger partial charge is 0.377 e. The lowest BCUT2D eigenvalue weighted by atomic mass is 9.74. The van der Waals surface area contributed by atoms with E-state index in [1.165, 1.54) is 6.42 Å². The van der Waals surface area contributed by atoms with Gasteiger partial charge >= 0.3 is 0 Å². The molecule has 0 aliphatic heterocycles. The van der Waals surface area contributed by atoms with Gasteiger partial charge in [0.1, 0.15) is 0 Å². The topological polar surface area (TPSA) is 35.2 Å². The first kappa shape index (κ1) is 8.75. The summed E-state index contributed by atoms with van der Waals surface area (Å²) in [7, 11) is 1.75. The molecule has 2 N–H and O–H groups in total. The van der Waals surface area contributed by atoms with Crippen molar-refractivity contribution >= 4 is 0 Å². The molecule has 0 spiro atoms. The predicted molar refractivity (Wildman–Crippen MR) is 46.4 cm³/mol. The van der Waals surface area contributed by atoms with Crippen LogP contribution in [0.25, 0.3) is 0 Å². The average molecular weight is 155 g/mol. The number of methoxy groups -OCH3 is 1. The second kappa shape index (κ2) is 3.37. The van der Waals surface area contributed by atoms with Crippen molar-refractivity contribution in [2.45, 2.75) is 37.3 Å². The highest BCUT2D eigenvalue weighted by atomic mass is 16.5. The molecule has 0 heterocycles. The Bertz CT molecular complexity index is 135. The van der Waals surface area contributed by atoms with Gasteiger partial charge in [-0.15, -0.1) is 6.58 Å². The molecule has 0 amide bonds. The third-order valence-electron chi connectivity index (χ3n) is 2.70. The number of rotatable bonds is 4. The molecule has 1 aliphatic carbocycles. The Kier molecular flexibility index (Phi) is 2.68. The van der Waals surface area contributed by atoms with E-state index < -0.39 is 0 Å². The zero-order valence-electron chi connectivity index (χ0n) is 7.18. The number of nitrogens with two attached hydrogens (primary N) is 1. The fourth-order valence-corrected chi connectivity index (χ4v) is 1.65. The van der Waals surface area contributed by atoms with Crippen LogP contribution in [0.3, 0.4) is 0 Å². The molecule has 1 unspecified atom stereocenters. The van der Waals surface area contributed by atoms with Crippen molar-refractivity contribution in [3.63, 3.8) is 0 Å². The van der Waals surface area contributed by atoms with E-state index in [9.17, 15) is 0 Å². The molecule has 1 fully saturated rings. The molecule has 64 valence electrons. The van der Waals surface area contributed by atoms with E-state index in [0.717, 1.165) is 19.3 Å². The van der Waals surface area contributed by atoms with Gasteiger partial charge in [0.2, 0.25) is 0 Å². The van der Waals surface area contributed by atoms with E-state index in [1.54, 1.807) is 7.11 Å². The van der Waals surface area contributed by atoms with Gasteiger partial charge in [-0.3, -0.25) is 0 Å². The van der Waals surface area contributed by atoms with Gasteiger partial charge < -0.3 is 10.5 Å². The van der Waals surface area contributed by atoms with E-state index in [0.29, 0.717) is 0 Å². The van der Waals surface area contributed by atoms with Gasteiger partial charge in [0, 0.05) is 13.2 Å². The van der Waals surface area contributed by atoms with Crippen LogP contribution in [0, 0.1) is 0 Å². The van der Waals surface area contributed by atoms with Crippen LogP contribution < -0.4 is 5.73 Å². The second-order valence-electron chi connectivity index (χ2n) is 3.25. The minimum atomic E-state index is -0.0197. The summed E-state index contributed by atoms with van der Waals surface area (Å²) in [4.78, 5) is 0. The summed E-state index contributed by atoms with van der Waals surface area (Å²) in [6, 6.07) is 0.138. The van der Waals surface area contributed by atoms with Gasteiger partial charge in [0.05, 0.1) is 5.60 Å². The molecule has 1 atom stereocenters. The maximum Gasteiger partial charge on any atom is 0.0831 e. The summed E-state index contributed by atoms with van der Waals surface area (Å²) in [5.74, 6) is 0. The Labute approximate surface area is 68.4 Å². The van der Waals surface area contributed by atoms with Crippen molar-refractivity contribution in [2.75, 3.05) is 7.11 Å². The first-order valence-electron chi connectivity index (χ1n) is 4.17. The zero-order valence-corrected chi connectivity index (χ0v) is 7.18. The van der Waals surface area contributed by atoms with Crippen molar-refractivity contribution in [2.24, 2.45) is 5.73 Å². The molecule has 0 radical (unpaired) electrons. The lowest BCUT2D eigenvalue weighted by molar-refractivity contribution is -0.0891. The minimum Gasteiger partial charge on any atom is -0.377 e. The first-order valence-corrected chi connectivity index (χ1v) is 4.17. The summed E-state index contributed by atoms with van der Waals surface area (Å²) in [6.07, 6.45) is 6.19. The quantitative estimate of drug-likeness (QED) is 0.624. The lowest BCUT2D eigenvalue weighted by Crippen LogP contribution is -2.54. The zero-order chi connectivity index (χ0) is 8.32. The SMILES string of the molecule is C=CCC(N)C1(OC)CCC1. The van der Waals surface area contributed by atoms with Gasteiger partial charge in [0.15, 0.2) is 0 Å². The summed E-state index contributed by atoms with van der Waals surface area (Å²) < 4.78 is 5.42. The van der Waals surface area contributed by atoms with Gasteiger partial charge in [-0.25, -0.2) is 0 Å². The van der Waals surface area contributed by atoms with Crippen molar-refractivity contribution in [1.82, 2.24) is 0 Å². The van der Waals surface area contributed by atoms with E-state index in [2.05, 4.69) is 6.58 Å². The molecule has 1 rings (SSSR count). The molecule has 2 nitrogen and oxygen atoms in total. The maximum absolute atomic E-state index is 5.94. The number of ether oxygens (including phenoxy) is 1. The standard InChI is InChI=1S/C9H17NO/c1-3-5-8(10)9(11-2)6-4-7-9/h3,8H,1,4-7,10H2,2H3. The van der Waals surface area contributed by atoms with Gasteiger partial charge in [0.25, 0.3) is 0 Å². The summed E-state index contributed by atoms with van der Waals surface area (Å²) in [5, 5.41) is 0. The minimum absolute atomic E-state index is 0.0197. The van der Waals surface area contributed by atoms with Crippen LogP contribution in [-0.2, 0) is 4.74 Å². The van der Waals surface area contributed by atoms with Gasteiger partial charge in [-0.05, 0) is 25.7 Å². The fraction of sp³-hybridized carbons (Fsp3) is 0.778.